The van der Waals surface area contributed by atoms with Crippen LogP contribution in [0, 0.1) is 0 Å². The average Bonchev–Trinajstić information content (AvgIpc) is 2.00. The van der Waals surface area contributed by atoms with Gasteiger partial charge in [0.25, 0.3) is 0 Å². The number of alkyl halides is 3. The molecule has 0 fully saturated rings. The maximum absolute atomic E-state index is 11.6. The summed E-state index contributed by atoms with van der Waals surface area (Å²) in [6.45, 7) is -1.26. The lowest BCUT2D eigenvalue weighted by molar-refractivity contribution is -0.136. The molecule has 84 valence electrons. The molecule has 0 heterocycles. The first-order valence-electron chi connectivity index (χ1n) is 3.73. The van der Waals surface area contributed by atoms with Crippen LogP contribution in [0.25, 0.3) is 0 Å². The van der Waals surface area contributed by atoms with Crippen molar-refractivity contribution >= 4 is 16.7 Å². The Kier molecular flexibility index (Phi) is 5.70. The van der Waals surface area contributed by atoms with E-state index in [1.165, 1.54) is 0 Å². The largest absolute Gasteiger partial charge is 0.405 e. The van der Waals surface area contributed by atoms with Crippen LogP contribution in [0.1, 0.15) is 0 Å². The standard InChI is InChI=1S/C6H11F3N2O2S/c7-6(8,9)4-11-5(12)3-14(13)2-1-10/h1-4,10H2,(H,11,12). The molecular formula is C6H11F3N2O2S. The van der Waals surface area contributed by atoms with Crippen LogP contribution in [-0.4, -0.2) is 40.9 Å². The number of carbonyl (C=O) groups is 1. The maximum atomic E-state index is 11.6. The van der Waals surface area contributed by atoms with Crippen LogP contribution < -0.4 is 11.1 Å². The zero-order chi connectivity index (χ0) is 11.2. The summed E-state index contributed by atoms with van der Waals surface area (Å²) in [6.07, 6.45) is -4.44. The van der Waals surface area contributed by atoms with Gasteiger partial charge in [-0.2, -0.15) is 13.2 Å². The van der Waals surface area contributed by atoms with Crippen molar-refractivity contribution in [3.8, 4) is 0 Å². The molecule has 0 aromatic carbocycles. The summed E-state index contributed by atoms with van der Waals surface area (Å²) in [4.78, 5) is 10.7. The Labute approximate surface area is 81.5 Å². The highest BCUT2D eigenvalue weighted by molar-refractivity contribution is 7.85. The number of nitrogens with two attached hydrogens (primary N) is 1. The van der Waals surface area contributed by atoms with E-state index in [1.54, 1.807) is 5.32 Å². The first kappa shape index (κ1) is 13.4. The fraction of sp³-hybridized carbons (Fsp3) is 0.833. The lowest BCUT2D eigenvalue weighted by atomic mass is 10.6. The molecule has 0 radical (unpaired) electrons. The third-order valence-corrected chi connectivity index (χ3v) is 2.40. The average molecular weight is 232 g/mol. The fourth-order valence-corrected chi connectivity index (χ4v) is 1.40. The topological polar surface area (TPSA) is 72.2 Å². The summed E-state index contributed by atoms with van der Waals surface area (Å²) >= 11 is 0. The van der Waals surface area contributed by atoms with Gasteiger partial charge in [0, 0.05) is 23.1 Å². The van der Waals surface area contributed by atoms with E-state index in [-0.39, 0.29) is 12.3 Å². The van der Waals surface area contributed by atoms with Crippen molar-refractivity contribution in [3.63, 3.8) is 0 Å². The first-order chi connectivity index (χ1) is 6.35. The minimum absolute atomic E-state index is 0.111. The molecule has 1 atom stereocenters. The van der Waals surface area contributed by atoms with E-state index < -0.39 is 35.2 Å². The van der Waals surface area contributed by atoms with E-state index in [1.807, 2.05) is 0 Å². The lowest BCUT2D eigenvalue weighted by Gasteiger charge is -2.07. The zero-order valence-corrected chi connectivity index (χ0v) is 8.08. The quantitative estimate of drug-likeness (QED) is 0.663. The summed E-state index contributed by atoms with van der Waals surface area (Å²) < 4.78 is 45.6. The first-order valence-corrected chi connectivity index (χ1v) is 5.22. The number of halogens is 3. The minimum atomic E-state index is -4.44. The molecule has 0 saturated carbocycles. The molecule has 0 rings (SSSR count). The number of carbonyl (C=O) groups excluding carboxylic acids is 1. The van der Waals surface area contributed by atoms with Crippen molar-refractivity contribution in [1.29, 1.82) is 0 Å². The molecule has 1 amide bonds. The van der Waals surface area contributed by atoms with Crippen LogP contribution in [-0.2, 0) is 15.6 Å². The highest BCUT2D eigenvalue weighted by Gasteiger charge is 2.27. The highest BCUT2D eigenvalue weighted by Crippen LogP contribution is 2.11. The van der Waals surface area contributed by atoms with Crippen LogP contribution in [0.5, 0.6) is 0 Å². The van der Waals surface area contributed by atoms with Gasteiger partial charge in [-0.1, -0.05) is 0 Å². The summed E-state index contributed by atoms with van der Waals surface area (Å²) in [6, 6.07) is 0. The number of hydrogen-bond acceptors (Lipinski definition) is 3. The Balaban J connectivity index is 3.71. The van der Waals surface area contributed by atoms with Crippen molar-refractivity contribution < 1.29 is 22.2 Å². The molecule has 14 heavy (non-hydrogen) atoms. The van der Waals surface area contributed by atoms with E-state index >= 15 is 0 Å². The van der Waals surface area contributed by atoms with Crippen LogP contribution in [0.3, 0.4) is 0 Å². The Morgan fingerprint density at radius 1 is 1.43 bits per heavy atom. The van der Waals surface area contributed by atoms with Gasteiger partial charge in [0.05, 0.1) is 0 Å². The molecule has 0 aromatic rings. The fourth-order valence-electron chi connectivity index (χ4n) is 0.600. The van der Waals surface area contributed by atoms with Crippen molar-refractivity contribution in [2.75, 3.05) is 24.6 Å². The van der Waals surface area contributed by atoms with E-state index in [9.17, 15) is 22.2 Å². The second-order valence-corrected chi connectivity index (χ2v) is 4.05. The smallest absolute Gasteiger partial charge is 0.346 e. The maximum Gasteiger partial charge on any atom is 0.405 e. The van der Waals surface area contributed by atoms with Gasteiger partial charge in [-0.15, -0.1) is 0 Å². The summed E-state index contributed by atoms with van der Waals surface area (Å²) in [7, 11) is -1.48. The molecule has 0 aromatic heterocycles. The normalized spacial score (nSPS) is 13.7. The van der Waals surface area contributed by atoms with Gasteiger partial charge in [-0.05, 0) is 0 Å². The monoisotopic (exact) mass is 232 g/mol. The van der Waals surface area contributed by atoms with Gasteiger partial charge in [0.1, 0.15) is 12.3 Å². The zero-order valence-electron chi connectivity index (χ0n) is 7.26. The van der Waals surface area contributed by atoms with Crippen LogP contribution in [0.15, 0.2) is 0 Å². The van der Waals surface area contributed by atoms with E-state index in [0.717, 1.165) is 0 Å². The molecule has 3 N–H and O–H groups in total. The van der Waals surface area contributed by atoms with Crippen LogP contribution in [0.4, 0.5) is 13.2 Å². The molecule has 0 aliphatic rings. The molecule has 0 spiro atoms. The second-order valence-electron chi connectivity index (χ2n) is 2.47. The molecule has 0 saturated heterocycles. The minimum Gasteiger partial charge on any atom is -0.346 e. The Morgan fingerprint density at radius 3 is 2.43 bits per heavy atom. The summed E-state index contributed by atoms with van der Waals surface area (Å²) in [5.74, 6) is -1.21. The van der Waals surface area contributed by atoms with E-state index in [0.29, 0.717) is 0 Å². The molecule has 4 nitrogen and oxygen atoms in total. The number of amides is 1. The van der Waals surface area contributed by atoms with Gasteiger partial charge in [0.15, 0.2) is 0 Å². The van der Waals surface area contributed by atoms with Crippen molar-refractivity contribution in [1.82, 2.24) is 5.32 Å². The van der Waals surface area contributed by atoms with Crippen LogP contribution >= 0.6 is 0 Å². The Hall–Kier alpha value is -0.630. The highest BCUT2D eigenvalue weighted by atomic mass is 32.2. The number of hydrogen-bond donors (Lipinski definition) is 2. The molecule has 0 aliphatic heterocycles. The molecular weight excluding hydrogens is 221 g/mol. The Morgan fingerprint density at radius 2 is 2.00 bits per heavy atom. The van der Waals surface area contributed by atoms with Gasteiger partial charge in [-0.3, -0.25) is 9.00 Å². The number of nitrogens with one attached hydrogen (secondary N) is 1. The predicted octanol–water partition coefficient (Wildman–Crippen LogP) is -0.628. The van der Waals surface area contributed by atoms with E-state index in [2.05, 4.69) is 0 Å². The van der Waals surface area contributed by atoms with Crippen molar-refractivity contribution in [3.05, 3.63) is 0 Å². The third kappa shape index (κ3) is 7.99. The molecule has 1 unspecified atom stereocenters. The van der Waals surface area contributed by atoms with Crippen molar-refractivity contribution in [2.45, 2.75) is 6.18 Å². The second kappa shape index (κ2) is 5.97. The van der Waals surface area contributed by atoms with Crippen LogP contribution in [0.2, 0.25) is 0 Å². The van der Waals surface area contributed by atoms with Gasteiger partial charge in [0.2, 0.25) is 5.91 Å². The van der Waals surface area contributed by atoms with Gasteiger partial charge >= 0.3 is 6.18 Å². The number of rotatable bonds is 5. The summed E-state index contributed by atoms with van der Waals surface area (Å²) in [5, 5.41) is 1.61. The van der Waals surface area contributed by atoms with Crippen molar-refractivity contribution in [2.24, 2.45) is 5.73 Å². The third-order valence-electron chi connectivity index (χ3n) is 1.12. The predicted molar refractivity (Wildman–Crippen MR) is 46.0 cm³/mol. The molecule has 0 bridgehead atoms. The SMILES string of the molecule is NCCS(=O)CC(=O)NCC(F)(F)F. The Bertz CT molecular complexity index is 220. The summed E-state index contributed by atoms with van der Waals surface area (Å²) in [5.41, 5.74) is 5.04. The van der Waals surface area contributed by atoms with Gasteiger partial charge in [-0.25, -0.2) is 0 Å². The lowest BCUT2D eigenvalue weighted by Crippen LogP contribution is -2.36. The molecule has 8 heteroatoms. The van der Waals surface area contributed by atoms with Gasteiger partial charge < -0.3 is 11.1 Å². The van der Waals surface area contributed by atoms with E-state index in [4.69, 9.17) is 5.73 Å². The molecule has 0 aliphatic carbocycles.